The maximum Gasteiger partial charge on any atom is 0.180 e. The standard InChI is InChI=1S/C22H23BrO5S3/c23-4-1-2-5-24-6-3-14-11-17(21-18-15(12-29-21)25-7-9-27-18)31-20(14)22-19-16(13-30-22)26-8-10-28-19/h11-13H,1-10H2. The molecule has 0 fully saturated rings. The lowest BCUT2D eigenvalue weighted by molar-refractivity contribution is 0.134. The summed E-state index contributed by atoms with van der Waals surface area (Å²) in [5.74, 6) is 3.44. The minimum absolute atomic E-state index is 0.588. The first-order valence-electron chi connectivity index (χ1n) is 10.4. The summed E-state index contributed by atoms with van der Waals surface area (Å²) in [5, 5.41) is 5.12. The van der Waals surface area contributed by atoms with Crippen LogP contribution >= 0.6 is 49.9 Å². The molecule has 3 aromatic heterocycles. The highest BCUT2D eigenvalue weighted by Gasteiger charge is 2.26. The van der Waals surface area contributed by atoms with Crippen molar-refractivity contribution in [2.45, 2.75) is 19.3 Å². The molecule has 3 aromatic rings. The molecule has 0 radical (unpaired) electrons. The van der Waals surface area contributed by atoms with Crippen molar-refractivity contribution in [2.24, 2.45) is 0 Å². The van der Waals surface area contributed by atoms with Gasteiger partial charge in [0.05, 0.1) is 21.2 Å². The van der Waals surface area contributed by atoms with Crippen LogP contribution in [-0.4, -0.2) is 45.0 Å². The Morgan fingerprint density at radius 3 is 2.23 bits per heavy atom. The number of hydrogen-bond donors (Lipinski definition) is 0. The molecule has 0 aliphatic carbocycles. The molecule has 0 saturated carbocycles. The van der Waals surface area contributed by atoms with Gasteiger partial charge in [-0.15, -0.1) is 34.0 Å². The average molecular weight is 544 g/mol. The van der Waals surface area contributed by atoms with Crippen LogP contribution in [0.2, 0.25) is 0 Å². The number of thiophene rings is 3. The molecule has 0 spiro atoms. The Morgan fingerprint density at radius 2 is 1.48 bits per heavy atom. The zero-order valence-corrected chi connectivity index (χ0v) is 21.0. The second kappa shape index (κ2) is 10.1. The van der Waals surface area contributed by atoms with Crippen LogP contribution in [0.3, 0.4) is 0 Å². The fourth-order valence-electron chi connectivity index (χ4n) is 3.55. The Bertz CT molecular complexity index is 1020. The third-order valence-corrected chi connectivity index (χ3v) is 8.99. The maximum absolute atomic E-state index is 5.98. The summed E-state index contributed by atoms with van der Waals surface area (Å²) in [4.78, 5) is 4.70. The molecule has 0 aromatic carbocycles. The number of halogens is 1. The molecular weight excluding hydrogens is 520 g/mol. The van der Waals surface area contributed by atoms with Crippen LogP contribution in [0, 0.1) is 0 Å². The van der Waals surface area contributed by atoms with Gasteiger partial charge < -0.3 is 23.7 Å². The highest BCUT2D eigenvalue weighted by molar-refractivity contribution is 9.09. The van der Waals surface area contributed by atoms with E-state index in [1.54, 1.807) is 34.0 Å². The van der Waals surface area contributed by atoms with Crippen molar-refractivity contribution < 1.29 is 23.7 Å². The second-order valence-corrected chi connectivity index (χ2v) is 10.7. The highest BCUT2D eigenvalue weighted by atomic mass is 79.9. The zero-order valence-electron chi connectivity index (χ0n) is 16.9. The van der Waals surface area contributed by atoms with E-state index >= 15 is 0 Å². The Labute approximate surface area is 202 Å². The van der Waals surface area contributed by atoms with Gasteiger partial charge in [0.2, 0.25) is 0 Å². The SMILES string of the molecule is BrCCCCOCCc1cc(-c2scc3c2OCCO3)sc1-c1scc2c1OCCO2. The van der Waals surface area contributed by atoms with Gasteiger partial charge in [0.15, 0.2) is 23.0 Å². The lowest BCUT2D eigenvalue weighted by Crippen LogP contribution is -2.14. The highest BCUT2D eigenvalue weighted by Crippen LogP contribution is 2.53. The number of rotatable bonds is 9. The smallest absolute Gasteiger partial charge is 0.180 e. The molecule has 31 heavy (non-hydrogen) atoms. The molecule has 0 N–H and O–H groups in total. The van der Waals surface area contributed by atoms with Gasteiger partial charge in [-0.1, -0.05) is 15.9 Å². The summed E-state index contributed by atoms with van der Waals surface area (Å²) in [6, 6.07) is 2.28. The van der Waals surface area contributed by atoms with Crippen molar-refractivity contribution >= 4 is 49.9 Å². The maximum atomic E-state index is 5.98. The first-order chi connectivity index (χ1) is 15.3. The molecule has 9 heteroatoms. The van der Waals surface area contributed by atoms with E-state index in [0.717, 1.165) is 64.0 Å². The Kier molecular flexibility index (Phi) is 7.05. The van der Waals surface area contributed by atoms with Gasteiger partial charge in [-0.3, -0.25) is 0 Å². The molecule has 166 valence electrons. The largest absolute Gasteiger partial charge is 0.485 e. The van der Waals surface area contributed by atoms with Crippen LogP contribution < -0.4 is 18.9 Å². The van der Waals surface area contributed by atoms with E-state index in [9.17, 15) is 0 Å². The number of fused-ring (bicyclic) bond motifs is 2. The molecule has 0 bridgehead atoms. The van der Waals surface area contributed by atoms with E-state index in [1.807, 2.05) is 10.8 Å². The molecule has 2 aliphatic heterocycles. The van der Waals surface area contributed by atoms with Gasteiger partial charge in [-0.25, -0.2) is 0 Å². The third-order valence-electron chi connectivity index (χ3n) is 5.03. The monoisotopic (exact) mass is 542 g/mol. The Balaban J connectivity index is 1.44. The van der Waals surface area contributed by atoms with Gasteiger partial charge in [-0.2, -0.15) is 0 Å². The molecule has 0 amide bonds. The number of hydrogen-bond acceptors (Lipinski definition) is 8. The first-order valence-corrected chi connectivity index (χ1v) is 14.1. The quantitative estimate of drug-likeness (QED) is 0.228. The Morgan fingerprint density at radius 1 is 0.806 bits per heavy atom. The first kappa shape index (κ1) is 21.6. The number of alkyl halides is 1. The number of unbranched alkanes of at least 4 members (excludes halogenated alkanes) is 1. The van der Waals surface area contributed by atoms with Crippen molar-refractivity contribution in [3.63, 3.8) is 0 Å². The predicted molar refractivity (Wildman–Crippen MR) is 130 cm³/mol. The van der Waals surface area contributed by atoms with Crippen molar-refractivity contribution in [3.8, 4) is 42.5 Å². The number of ether oxygens (including phenoxy) is 5. The minimum atomic E-state index is 0.588. The summed E-state index contributed by atoms with van der Waals surface area (Å²) < 4.78 is 29.4. The van der Waals surface area contributed by atoms with Crippen LogP contribution in [0.1, 0.15) is 18.4 Å². The molecule has 0 unspecified atom stereocenters. The molecule has 5 heterocycles. The molecule has 5 nitrogen and oxygen atoms in total. The molecule has 2 aliphatic rings. The van der Waals surface area contributed by atoms with Crippen LogP contribution in [0.25, 0.3) is 19.5 Å². The van der Waals surface area contributed by atoms with Crippen LogP contribution in [0.15, 0.2) is 16.8 Å². The zero-order chi connectivity index (χ0) is 21.0. The van der Waals surface area contributed by atoms with Crippen molar-refractivity contribution in [1.82, 2.24) is 0 Å². The lowest BCUT2D eigenvalue weighted by Gasteiger charge is -2.16. The summed E-state index contributed by atoms with van der Waals surface area (Å²) in [6.07, 6.45) is 3.08. The van der Waals surface area contributed by atoms with E-state index in [1.165, 1.54) is 15.3 Å². The topological polar surface area (TPSA) is 46.2 Å². The normalized spacial score (nSPS) is 14.7. The summed E-state index contributed by atoms with van der Waals surface area (Å²) in [6.45, 7) is 3.89. The van der Waals surface area contributed by atoms with E-state index in [2.05, 4.69) is 22.0 Å². The van der Waals surface area contributed by atoms with E-state index in [0.29, 0.717) is 33.0 Å². The van der Waals surface area contributed by atoms with Gasteiger partial charge >= 0.3 is 0 Å². The molecular formula is C22H23BrO5S3. The van der Waals surface area contributed by atoms with Crippen LogP contribution in [0.4, 0.5) is 0 Å². The molecule has 0 atom stereocenters. The van der Waals surface area contributed by atoms with Crippen molar-refractivity contribution in [3.05, 3.63) is 22.4 Å². The summed E-state index contributed by atoms with van der Waals surface area (Å²) in [7, 11) is 0. The van der Waals surface area contributed by atoms with E-state index < -0.39 is 0 Å². The van der Waals surface area contributed by atoms with Crippen molar-refractivity contribution in [2.75, 3.05) is 45.0 Å². The van der Waals surface area contributed by atoms with E-state index in [-0.39, 0.29) is 0 Å². The second-order valence-electron chi connectivity index (χ2n) is 7.13. The third kappa shape index (κ3) is 4.61. The molecule has 0 saturated heterocycles. The van der Waals surface area contributed by atoms with Gasteiger partial charge in [0, 0.05) is 27.6 Å². The fraction of sp³-hybridized carbons (Fsp3) is 0.455. The van der Waals surface area contributed by atoms with Crippen molar-refractivity contribution in [1.29, 1.82) is 0 Å². The average Bonchev–Trinajstić information content (AvgIpc) is 3.52. The summed E-state index contributed by atoms with van der Waals surface area (Å²) in [5.41, 5.74) is 1.28. The predicted octanol–water partition coefficient (Wildman–Crippen LogP) is 6.48. The fourth-order valence-corrected chi connectivity index (χ4v) is 7.32. The minimum Gasteiger partial charge on any atom is -0.485 e. The van der Waals surface area contributed by atoms with Gasteiger partial charge in [-0.05, 0) is 30.9 Å². The molecule has 5 rings (SSSR count). The Hall–Kier alpha value is -1.26. The van der Waals surface area contributed by atoms with Gasteiger partial charge in [0.25, 0.3) is 0 Å². The summed E-state index contributed by atoms with van der Waals surface area (Å²) >= 11 is 8.61. The lowest BCUT2D eigenvalue weighted by atomic mass is 10.1. The van der Waals surface area contributed by atoms with Crippen LogP contribution in [0.5, 0.6) is 23.0 Å². The van der Waals surface area contributed by atoms with Gasteiger partial charge in [0.1, 0.15) is 26.4 Å². The van der Waals surface area contributed by atoms with Crippen LogP contribution in [-0.2, 0) is 11.2 Å². The van der Waals surface area contributed by atoms with E-state index in [4.69, 9.17) is 23.7 Å².